The van der Waals surface area contributed by atoms with Crippen molar-refractivity contribution in [3.05, 3.63) is 63.4 Å². The van der Waals surface area contributed by atoms with E-state index in [2.05, 4.69) is 25.8 Å². The molecule has 0 saturated carbocycles. The molecule has 0 aliphatic carbocycles. The molecule has 0 spiro atoms. The predicted molar refractivity (Wildman–Crippen MR) is 127 cm³/mol. The molecular formula is C22H22ClN5O3S. The molecule has 0 saturated heterocycles. The standard InChI is InChI=1S/C22H22ClN5O3S/c1-4-18(20(30)25-17-8-6-5-7-15(17)23)32-22-26-21(31)19(27-28-22)14-11-12(2)9-10-16(14)24-13(3)29/h5-11,18H,4H2,1-3H3,(H,24,29)(H,25,30)(H,26,28,31). The minimum Gasteiger partial charge on any atom is -0.326 e. The Morgan fingerprint density at radius 1 is 1.12 bits per heavy atom. The van der Waals surface area contributed by atoms with Crippen molar-refractivity contribution in [2.45, 2.75) is 37.6 Å². The Bertz CT molecular complexity index is 1210. The van der Waals surface area contributed by atoms with E-state index in [0.29, 0.717) is 28.4 Å². The van der Waals surface area contributed by atoms with Crippen molar-refractivity contribution < 1.29 is 9.59 Å². The van der Waals surface area contributed by atoms with Crippen molar-refractivity contribution in [1.82, 2.24) is 15.2 Å². The number of aromatic amines is 1. The van der Waals surface area contributed by atoms with Crippen LogP contribution in [0.1, 0.15) is 25.8 Å². The van der Waals surface area contributed by atoms with Crippen molar-refractivity contribution in [2.75, 3.05) is 10.6 Å². The first-order valence-corrected chi connectivity index (χ1v) is 11.1. The molecule has 0 bridgehead atoms. The summed E-state index contributed by atoms with van der Waals surface area (Å²) in [5.41, 5.74) is 1.95. The van der Waals surface area contributed by atoms with E-state index in [1.54, 1.807) is 36.4 Å². The van der Waals surface area contributed by atoms with Crippen LogP contribution in [0.4, 0.5) is 11.4 Å². The predicted octanol–water partition coefficient (Wildman–Crippen LogP) is 4.26. The number of carbonyl (C=O) groups is 2. The SMILES string of the molecule is CCC(Sc1nnc(-c2cc(C)ccc2NC(C)=O)c(=O)[nH]1)C(=O)Nc1ccccc1Cl. The van der Waals surface area contributed by atoms with Gasteiger partial charge in [0.2, 0.25) is 11.8 Å². The smallest absolute Gasteiger partial charge is 0.278 e. The highest BCUT2D eigenvalue weighted by atomic mass is 35.5. The molecule has 10 heteroatoms. The molecule has 0 fully saturated rings. The number of benzene rings is 2. The summed E-state index contributed by atoms with van der Waals surface area (Å²) in [4.78, 5) is 39.6. The first kappa shape index (κ1) is 23.5. The molecule has 3 N–H and O–H groups in total. The van der Waals surface area contributed by atoms with Crippen LogP contribution in [0, 0.1) is 6.92 Å². The van der Waals surface area contributed by atoms with Crippen molar-refractivity contribution >= 4 is 46.6 Å². The van der Waals surface area contributed by atoms with Crippen LogP contribution in [-0.2, 0) is 9.59 Å². The van der Waals surface area contributed by atoms with Crippen LogP contribution >= 0.6 is 23.4 Å². The van der Waals surface area contributed by atoms with Gasteiger partial charge in [-0.3, -0.25) is 19.4 Å². The number of hydrogen-bond donors (Lipinski definition) is 3. The fraction of sp³-hybridized carbons (Fsp3) is 0.227. The van der Waals surface area contributed by atoms with Crippen molar-refractivity contribution in [1.29, 1.82) is 0 Å². The van der Waals surface area contributed by atoms with Gasteiger partial charge in [0.05, 0.1) is 21.6 Å². The van der Waals surface area contributed by atoms with E-state index in [-0.39, 0.29) is 22.7 Å². The van der Waals surface area contributed by atoms with Crippen molar-refractivity contribution in [3.8, 4) is 11.3 Å². The zero-order valence-corrected chi connectivity index (χ0v) is 19.3. The first-order valence-electron chi connectivity index (χ1n) is 9.86. The lowest BCUT2D eigenvalue weighted by Gasteiger charge is -2.15. The molecule has 3 rings (SSSR count). The Hall–Kier alpha value is -3.17. The third kappa shape index (κ3) is 5.74. The third-order valence-corrected chi connectivity index (χ3v) is 6.03. The number of carbonyl (C=O) groups excluding carboxylic acids is 2. The average Bonchev–Trinajstić information content (AvgIpc) is 2.75. The Kier molecular flexibility index (Phi) is 7.66. The van der Waals surface area contributed by atoms with E-state index >= 15 is 0 Å². The Labute approximate surface area is 194 Å². The Morgan fingerprint density at radius 2 is 1.88 bits per heavy atom. The van der Waals surface area contributed by atoms with Crippen LogP contribution in [0.25, 0.3) is 11.3 Å². The van der Waals surface area contributed by atoms with Crippen LogP contribution in [0.5, 0.6) is 0 Å². The van der Waals surface area contributed by atoms with E-state index in [4.69, 9.17) is 11.6 Å². The van der Waals surface area contributed by atoms with Crippen molar-refractivity contribution in [2.24, 2.45) is 0 Å². The fourth-order valence-electron chi connectivity index (χ4n) is 2.94. The van der Waals surface area contributed by atoms with Gasteiger partial charge >= 0.3 is 0 Å². The third-order valence-electron chi connectivity index (χ3n) is 4.47. The highest BCUT2D eigenvalue weighted by molar-refractivity contribution is 8.00. The Morgan fingerprint density at radius 3 is 2.53 bits per heavy atom. The van der Waals surface area contributed by atoms with Gasteiger partial charge in [0.25, 0.3) is 5.56 Å². The number of nitrogens with zero attached hydrogens (tertiary/aromatic N) is 2. The molecule has 8 nitrogen and oxygen atoms in total. The molecule has 0 aliphatic heterocycles. The molecule has 32 heavy (non-hydrogen) atoms. The van der Waals surface area contributed by atoms with Crippen LogP contribution in [0.2, 0.25) is 5.02 Å². The van der Waals surface area contributed by atoms with Gasteiger partial charge in [0.15, 0.2) is 10.9 Å². The fourth-order valence-corrected chi connectivity index (χ4v) is 3.96. The highest BCUT2D eigenvalue weighted by Gasteiger charge is 2.21. The second-order valence-electron chi connectivity index (χ2n) is 7.02. The first-order chi connectivity index (χ1) is 15.3. The number of anilines is 2. The second-order valence-corrected chi connectivity index (χ2v) is 8.62. The number of thioether (sulfide) groups is 1. The summed E-state index contributed by atoms with van der Waals surface area (Å²) < 4.78 is 0. The van der Waals surface area contributed by atoms with E-state index in [9.17, 15) is 14.4 Å². The maximum atomic E-state index is 12.8. The van der Waals surface area contributed by atoms with Crippen LogP contribution in [0.15, 0.2) is 52.4 Å². The number of nitrogens with one attached hydrogen (secondary N) is 3. The maximum Gasteiger partial charge on any atom is 0.278 e. The summed E-state index contributed by atoms with van der Waals surface area (Å²) in [6.45, 7) is 5.12. The largest absolute Gasteiger partial charge is 0.326 e. The number of para-hydroxylation sites is 1. The van der Waals surface area contributed by atoms with Crippen LogP contribution in [0.3, 0.4) is 0 Å². The molecule has 166 valence electrons. The monoisotopic (exact) mass is 471 g/mol. The highest BCUT2D eigenvalue weighted by Crippen LogP contribution is 2.28. The molecule has 0 aliphatic rings. The number of aromatic nitrogens is 3. The van der Waals surface area contributed by atoms with Gasteiger partial charge in [-0.25, -0.2) is 0 Å². The molecule has 0 radical (unpaired) electrons. The van der Waals surface area contributed by atoms with Crippen LogP contribution in [-0.4, -0.2) is 32.2 Å². The molecule has 2 aromatic carbocycles. The minimum absolute atomic E-state index is 0.0790. The van der Waals surface area contributed by atoms with E-state index < -0.39 is 10.8 Å². The van der Waals surface area contributed by atoms with Gasteiger partial charge in [-0.1, -0.05) is 54.0 Å². The quantitative estimate of drug-likeness (QED) is 0.443. The van der Waals surface area contributed by atoms with Crippen molar-refractivity contribution in [3.63, 3.8) is 0 Å². The lowest BCUT2D eigenvalue weighted by atomic mass is 10.1. The number of amides is 2. The van der Waals surface area contributed by atoms with E-state index in [1.165, 1.54) is 6.92 Å². The molecular weight excluding hydrogens is 450 g/mol. The van der Waals surface area contributed by atoms with E-state index in [0.717, 1.165) is 17.3 Å². The molecule has 2 amide bonds. The number of hydrogen-bond acceptors (Lipinski definition) is 6. The number of aryl methyl sites for hydroxylation is 1. The average molecular weight is 472 g/mol. The summed E-state index contributed by atoms with van der Waals surface area (Å²) in [7, 11) is 0. The number of halogens is 1. The lowest BCUT2D eigenvalue weighted by molar-refractivity contribution is -0.116. The van der Waals surface area contributed by atoms with Gasteiger partial charge in [-0.15, -0.1) is 10.2 Å². The number of rotatable bonds is 7. The zero-order chi connectivity index (χ0) is 23.3. The topological polar surface area (TPSA) is 117 Å². The molecule has 1 heterocycles. The zero-order valence-electron chi connectivity index (χ0n) is 17.7. The summed E-state index contributed by atoms with van der Waals surface area (Å²) in [6.07, 6.45) is 0.497. The number of H-pyrrole nitrogens is 1. The summed E-state index contributed by atoms with van der Waals surface area (Å²) in [5, 5.41) is 13.8. The Balaban J connectivity index is 1.83. The molecule has 3 aromatic rings. The summed E-state index contributed by atoms with van der Waals surface area (Å²) in [6, 6.07) is 12.2. The van der Waals surface area contributed by atoms with Gasteiger partial charge in [-0.2, -0.15) is 0 Å². The van der Waals surface area contributed by atoms with Crippen LogP contribution < -0.4 is 16.2 Å². The van der Waals surface area contributed by atoms with Gasteiger partial charge < -0.3 is 10.6 Å². The normalized spacial score (nSPS) is 11.6. The van der Waals surface area contributed by atoms with Gasteiger partial charge in [-0.05, 0) is 37.6 Å². The molecule has 1 unspecified atom stereocenters. The van der Waals surface area contributed by atoms with E-state index in [1.807, 2.05) is 19.9 Å². The second kappa shape index (κ2) is 10.4. The molecule has 1 aromatic heterocycles. The summed E-state index contributed by atoms with van der Waals surface area (Å²) in [5.74, 6) is -0.522. The van der Waals surface area contributed by atoms with Gasteiger partial charge in [0, 0.05) is 12.5 Å². The lowest BCUT2D eigenvalue weighted by Crippen LogP contribution is -2.26. The van der Waals surface area contributed by atoms with Gasteiger partial charge in [0.1, 0.15) is 0 Å². The molecule has 1 atom stereocenters. The summed E-state index contributed by atoms with van der Waals surface area (Å²) >= 11 is 7.21. The minimum atomic E-state index is -0.518. The maximum absolute atomic E-state index is 12.8.